The topological polar surface area (TPSA) is 94.6 Å². The number of hydrogen-bond donors (Lipinski definition) is 1. The second-order valence-electron chi connectivity index (χ2n) is 5.89. The molecular weight excluding hydrogens is 413 g/mol. The Balaban J connectivity index is 2.01. The Morgan fingerprint density at radius 1 is 1.17 bits per heavy atom. The normalized spacial score (nSPS) is 11.9. The standard InChI is InChI=1S/C18H19F3N2O5S/c1-27-9-10-29(25,26)15-6-4-13(5-7-15)16(24)23-11-14-3-2-8-22-17(14)28-12-18(19,20)21/h2-8H,9-12H2,1H3,(H,23,24). The summed E-state index contributed by atoms with van der Waals surface area (Å²) in [6.07, 6.45) is -3.23. The lowest BCUT2D eigenvalue weighted by Gasteiger charge is -2.12. The quantitative estimate of drug-likeness (QED) is 0.654. The van der Waals surface area contributed by atoms with Crippen LogP contribution in [0, 0.1) is 0 Å². The molecule has 0 saturated carbocycles. The zero-order valence-corrected chi connectivity index (χ0v) is 16.2. The number of amides is 1. The largest absolute Gasteiger partial charge is 0.468 e. The molecule has 11 heteroatoms. The lowest BCUT2D eigenvalue weighted by Crippen LogP contribution is -2.24. The third-order valence-electron chi connectivity index (χ3n) is 3.69. The van der Waals surface area contributed by atoms with Crippen molar-refractivity contribution >= 4 is 15.7 Å². The Kier molecular flexibility index (Phi) is 7.57. The number of sulfone groups is 1. The minimum absolute atomic E-state index is 0.0500. The van der Waals surface area contributed by atoms with Crippen LogP contribution in [0.1, 0.15) is 15.9 Å². The van der Waals surface area contributed by atoms with Crippen molar-refractivity contribution in [3.63, 3.8) is 0 Å². The van der Waals surface area contributed by atoms with E-state index < -0.39 is 28.5 Å². The number of benzene rings is 1. The summed E-state index contributed by atoms with van der Waals surface area (Å²) >= 11 is 0. The summed E-state index contributed by atoms with van der Waals surface area (Å²) in [7, 11) is -2.12. The lowest BCUT2D eigenvalue weighted by molar-refractivity contribution is -0.154. The first-order valence-corrected chi connectivity index (χ1v) is 10.0. The molecule has 1 aromatic carbocycles. The van der Waals surface area contributed by atoms with Gasteiger partial charge in [0.1, 0.15) is 0 Å². The number of alkyl halides is 3. The zero-order valence-electron chi connectivity index (χ0n) is 15.4. The number of carbonyl (C=O) groups excluding carboxylic acids is 1. The number of methoxy groups -OCH3 is 1. The van der Waals surface area contributed by atoms with Gasteiger partial charge < -0.3 is 14.8 Å². The van der Waals surface area contributed by atoms with Gasteiger partial charge in [-0.05, 0) is 30.3 Å². The minimum atomic E-state index is -4.51. The molecule has 0 bridgehead atoms. The maximum absolute atomic E-state index is 12.3. The van der Waals surface area contributed by atoms with Crippen molar-refractivity contribution in [1.82, 2.24) is 10.3 Å². The molecule has 0 fully saturated rings. The van der Waals surface area contributed by atoms with Crippen molar-refractivity contribution in [3.05, 3.63) is 53.7 Å². The van der Waals surface area contributed by atoms with Gasteiger partial charge in [-0.1, -0.05) is 6.07 Å². The van der Waals surface area contributed by atoms with Crippen LogP contribution in [-0.4, -0.2) is 51.6 Å². The molecule has 0 aliphatic heterocycles. The maximum Gasteiger partial charge on any atom is 0.422 e. The van der Waals surface area contributed by atoms with E-state index in [9.17, 15) is 26.4 Å². The van der Waals surface area contributed by atoms with E-state index in [1.165, 1.54) is 49.7 Å². The van der Waals surface area contributed by atoms with E-state index >= 15 is 0 Å². The van der Waals surface area contributed by atoms with Crippen molar-refractivity contribution in [1.29, 1.82) is 0 Å². The number of pyridine rings is 1. The van der Waals surface area contributed by atoms with Crippen molar-refractivity contribution in [2.45, 2.75) is 17.6 Å². The van der Waals surface area contributed by atoms with E-state index in [2.05, 4.69) is 15.0 Å². The second kappa shape index (κ2) is 9.70. The van der Waals surface area contributed by atoms with Crippen LogP contribution < -0.4 is 10.1 Å². The fourth-order valence-electron chi connectivity index (χ4n) is 2.24. The molecule has 0 radical (unpaired) electrons. The molecular formula is C18H19F3N2O5S. The van der Waals surface area contributed by atoms with Crippen LogP contribution >= 0.6 is 0 Å². The van der Waals surface area contributed by atoms with E-state index in [1.54, 1.807) is 0 Å². The minimum Gasteiger partial charge on any atom is -0.468 e. The van der Waals surface area contributed by atoms with Gasteiger partial charge in [0.25, 0.3) is 5.91 Å². The summed E-state index contributed by atoms with van der Waals surface area (Å²) in [5.41, 5.74) is 0.459. The first-order valence-electron chi connectivity index (χ1n) is 8.36. The lowest BCUT2D eigenvalue weighted by atomic mass is 10.2. The average molecular weight is 432 g/mol. The summed E-state index contributed by atoms with van der Waals surface area (Å²) in [5, 5.41) is 2.54. The molecule has 0 unspecified atom stereocenters. The summed E-state index contributed by atoms with van der Waals surface area (Å²) < 4.78 is 70.5. The smallest absolute Gasteiger partial charge is 0.422 e. The van der Waals surface area contributed by atoms with Gasteiger partial charge in [-0.25, -0.2) is 13.4 Å². The average Bonchev–Trinajstić information content (AvgIpc) is 2.69. The molecule has 1 aromatic heterocycles. The molecule has 0 aliphatic rings. The molecule has 0 spiro atoms. The van der Waals surface area contributed by atoms with Crippen LogP contribution in [0.4, 0.5) is 13.2 Å². The third-order valence-corrected chi connectivity index (χ3v) is 5.39. The van der Waals surface area contributed by atoms with E-state index in [4.69, 9.17) is 4.74 Å². The Hall–Kier alpha value is -2.66. The van der Waals surface area contributed by atoms with E-state index in [0.717, 1.165) is 0 Å². The zero-order chi connectivity index (χ0) is 21.5. The summed E-state index contributed by atoms with van der Waals surface area (Å²) in [6.45, 7) is -1.56. The molecule has 29 heavy (non-hydrogen) atoms. The molecule has 2 aromatic rings. The number of aromatic nitrogens is 1. The monoisotopic (exact) mass is 432 g/mol. The highest BCUT2D eigenvalue weighted by molar-refractivity contribution is 7.91. The number of halogens is 3. The van der Waals surface area contributed by atoms with Gasteiger partial charge in [-0.15, -0.1) is 0 Å². The predicted molar refractivity (Wildman–Crippen MR) is 97.3 cm³/mol. The maximum atomic E-state index is 12.3. The fraction of sp³-hybridized carbons (Fsp3) is 0.333. The molecule has 1 heterocycles. The van der Waals surface area contributed by atoms with Gasteiger partial charge in [-0.3, -0.25) is 4.79 Å². The Morgan fingerprint density at radius 3 is 2.48 bits per heavy atom. The van der Waals surface area contributed by atoms with Gasteiger partial charge in [0.15, 0.2) is 16.4 Å². The first kappa shape index (κ1) is 22.6. The molecule has 0 aliphatic carbocycles. The van der Waals surface area contributed by atoms with Gasteiger partial charge in [0, 0.05) is 31.0 Å². The number of hydrogen-bond acceptors (Lipinski definition) is 6. The number of nitrogens with one attached hydrogen (secondary N) is 1. The summed E-state index contributed by atoms with van der Waals surface area (Å²) in [6, 6.07) is 8.29. The van der Waals surface area contributed by atoms with Crippen LogP contribution in [0.3, 0.4) is 0 Å². The van der Waals surface area contributed by atoms with Gasteiger partial charge >= 0.3 is 6.18 Å². The molecule has 158 valence electrons. The molecule has 1 N–H and O–H groups in total. The van der Waals surface area contributed by atoms with Gasteiger partial charge in [0.05, 0.1) is 17.3 Å². The highest BCUT2D eigenvalue weighted by Crippen LogP contribution is 2.20. The van der Waals surface area contributed by atoms with Crippen LogP contribution in [0.2, 0.25) is 0 Å². The SMILES string of the molecule is COCCS(=O)(=O)c1ccc(C(=O)NCc2cccnc2OCC(F)(F)F)cc1. The molecule has 7 nitrogen and oxygen atoms in total. The van der Waals surface area contributed by atoms with Crippen LogP contribution in [0.15, 0.2) is 47.5 Å². The number of nitrogens with zero attached hydrogens (tertiary/aromatic N) is 1. The van der Waals surface area contributed by atoms with Crippen molar-refractivity contribution in [2.75, 3.05) is 26.1 Å². The van der Waals surface area contributed by atoms with Gasteiger partial charge in [-0.2, -0.15) is 13.2 Å². The highest BCUT2D eigenvalue weighted by Gasteiger charge is 2.29. The predicted octanol–water partition coefficient (Wildman–Crippen LogP) is 2.37. The third kappa shape index (κ3) is 7.02. The van der Waals surface area contributed by atoms with Crippen LogP contribution in [0.25, 0.3) is 0 Å². The summed E-state index contributed by atoms with van der Waals surface area (Å²) in [5.74, 6) is -0.947. The Bertz CT molecular complexity index is 931. The van der Waals surface area contributed by atoms with E-state index in [0.29, 0.717) is 0 Å². The van der Waals surface area contributed by atoms with E-state index in [-0.39, 0.29) is 40.8 Å². The summed E-state index contributed by atoms with van der Waals surface area (Å²) in [4.78, 5) is 16.1. The molecule has 1 amide bonds. The van der Waals surface area contributed by atoms with Crippen molar-refractivity contribution < 1.29 is 35.9 Å². The number of ether oxygens (including phenoxy) is 2. The van der Waals surface area contributed by atoms with Gasteiger partial charge in [0.2, 0.25) is 5.88 Å². The van der Waals surface area contributed by atoms with Crippen molar-refractivity contribution in [3.8, 4) is 5.88 Å². The fourth-order valence-corrected chi connectivity index (χ4v) is 3.41. The molecule has 0 saturated heterocycles. The van der Waals surface area contributed by atoms with E-state index in [1.807, 2.05) is 0 Å². The van der Waals surface area contributed by atoms with Crippen LogP contribution in [0.5, 0.6) is 5.88 Å². The Morgan fingerprint density at radius 2 is 1.86 bits per heavy atom. The number of rotatable bonds is 9. The Labute approximate surface area is 165 Å². The van der Waals surface area contributed by atoms with Crippen molar-refractivity contribution in [2.24, 2.45) is 0 Å². The first-order chi connectivity index (χ1) is 13.6. The number of carbonyl (C=O) groups is 1. The molecule has 2 rings (SSSR count). The highest BCUT2D eigenvalue weighted by atomic mass is 32.2. The second-order valence-corrected chi connectivity index (χ2v) is 8.00. The molecule has 0 atom stereocenters. The van der Waals surface area contributed by atoms with Crippen LogP contribution in [-0.2, 0) is 21.1 Å².